The second kappa shape index (κ2) is 5.15. The molecule has 0 spiro atoms. The third-order valence-electron chi connectivity index (χ3n) is 2.56. The van der Waals surface area contributed by atoms with Crippen molar-refractivity contribution in [2.45, 2.75) is 0 Å². The standard InChI is InChI=1S/C12H11FN4OS/c1-17-6-15-5-9(17)12(18)16-8-4-2-3-7(13)10(8)11(14)19/h2-6H,1H3,(H2,14,19)(H,16,18). The van der Waals surface area contributed by atoms with Crippen LogP contribution in [-0.2, 0) is 7.05 Å². The molecule has 1 aromatic heterocycles. The number of rotatable bonds is 3. The number of nitrogens with two attached hydrogens (primary N) is 1. The number of aryl methyl sites for hydroxylation is 1. The molecule has 0 radical (unpaired) electrons. The van der Waals surface area contributed by atoms with Crippen LogP contribution in [0.15, 0.2) is 30.7 Å². The van der Waals surface area contributed by atoms with E-state index in [2.05, 4.69) is 10.3 Å². The van der Waals surface area contributed by atoms with Crippen LogP contribution >= 0.6 is 12.2 Å². The molecule has 2 aromatic rings. The fourth-order valence-corrected chi connectivity index (χ4v) is 1.85. The van der Waals surface area contributed by atoms with Gasteiger partial charge in [-0.25, -0.2) is 9.37 Å². The maximum Gasteiger partial charge on any atom is 0.273 e. The Morgan fingerprint density at radius 2 is 2.26 bits per heavy atom. The van der Waals surface area contributed by atoms with Crippen LogP contribution in [0.2, 0.25) is 0 Å². The lowest BCUT2D eigenvalue weighted by atomic mass is 10.1. The minimum absolute atomic E-state index is 0.0213. The molecule has 98 valence electrons. The second-order valence-corrected chi connectivity index (χ2v) is 4.31. The number of amides is 1. The Bertz CT molecular complexity index is 653. The Balaban J connectivity index is 2.35. The second-order valence-electron chi connectivity index (χ2n) is 3.87. The molecule has 19 heavy (non-hydrogen) atoms. The van der Waals surface area contributed by atoms with Crippen molar-refractivity contribution in [2.75, 3.05) is 5.32 Å². The molecule has 1 amide bonds. The number of nitrogens with one attached hydrogen (secondary N) is 1. The van der Waals surface area contributed by atoms with Gasteiger partial charge in [0.2, 0.25) is 0 Å². The van der Waals surface area contributed by atoms with E-state index in [9.17, 15) is 9.18 Å². The van der Waals surface area contributed by atoms with Crippen LogP contribution in [0.4, 0.5) is 10.1 Å². The largest absolute Gasteiger partial charge is 0.389 e. The van der Waals surface area contributed by atoms with Crippen molar-refractivity contribution < 1.29 is 9.18 Å². The molecule has 0 saturated carbocycles. The quantitative estimate of drug-likeness (QED) is 0.833. The fraction of sp³-hybridized carbons (Fsp3) is 0.0833. The minimum Gasteiger partial charge on any atom is -0.389 e. The van der Waals surface area contributed by atoms with Gasteiger partial charge in [-0.1, -0.05) is 18.3 Å². The van der Waals surface area contributed by atoms with Gasteiger partial charge in [-0.05, 0) is 12.1 Å². The average molecular weight is 278 g/mol. The zero-order valence-electron chi connectivity index (χ0n) is 10.1. The molecule has 0 fully saturated rings. The van der Waals surface area contributed by atoms with Crippen molar-refractivity contribution in [3.05, 3.63) is 47.8 Å². The van der Waals surface area contributed by atoms with Crippen LogP contribution in [0.5, 0.6) is 0 Å². The first kappa shape index (κ1) is 13.2. The molecule has 1 heterocycles. The van der Waals surface area contributed by atoms with Gasteiger partial charge in [0.1, 0.15) is 16.5 Å². The normalized spacial score (nSPS) is 10.2. The topological polar surface area (TPSA) is 72.9 Å². The van der Waals surface area contributed by atoms with Gasteiger partial charge in [-0.15, -0.1) is 0 Å². The number of thiocarbonyl (C=S) groups is 1. The molecule has 5 nitrogen and oxygen atoms in total. The molecule has 0 atom stereocenters. The summed E-state index contributed by atoms with van der Waals surface area (Å²) in [6, 6.07) is 4.23. The van der Waals surface area contributed by atoms with Crippen molar-refractivity contribution >= 4 is 28.8 Å². The van der Waals surface area contributed by atoms with Crippen LogP contribution in [0.25, 0.3) is 0 Å². The molecule has 7 heteroatoms. The predicted octanol–water partition coefficient (Wildman–Crippen LogP) is 1.45. The van der Waals surface area contributed by atoms with E-state index in [0.29, 0.717) is 5.69 Å². The summed E-state index contributed by atoms with van der Waals surface area (Å²) in [6.45, 7) is 0. The summed E-state index contributed by atoms with van der Waals surface area (Å²) in [7, 11) is 1.68. The zero-order valence-corrected chi connectivity index (χ0v) is 10.9. The fourth-order valence-electron chi connectivity index (χ4n) is 1.64. The first-order valence-corrected chi connectivity index (χ1v) is 5.77. The van der Waals surface area contributed by atoms with Crippen molar-refractivity contribution in [2.24, 2.45) is 12.8 Å². The molecular formula is C12H11FN4OS. The molecule has 2 rings (SSSR count). The number of hydrogen-bond acceptors (Lipinski definition) is 3. The van der Waals surface area contributed by atoms with Crippen molar-refractivity contribution in [1.29, 1.82) is 0 Å². The first-order chi connectivity index (χ1) is 9.00. The van der Waals surface area contributed by atoms with E-state index < -0.39 is 11.7 Å². The van der Waals surface area contributed by atoms with E-state index in [1.807, 2.05) is 0 Å². The van der Waals surface area contributed by atoms with Crippen LogP contribution in [0.3, 0.4) is 0 Å². The predicted molar refractivity (Wildman–Crippen MR) is 73.4 cm³/mol. The smallest absolute Gasteiger partial charge is 0.273 e. The lowest BCUT2D eigenvalue weighted by Crippen LogP contribution is -2.20. The monoisotopic (exact) mass is 278 g/mol. The molecule has 0 aliphatic rings. The van der Waals surface area contributed by atoms with Crippen LogP contribution in [0.1, 0.15) is 16.1 Å². The SMILES string of the molecule is Cn1cncc1C(=O)Nc1cccc(F)c1C(N)=S. The summed E-state index contributed by atoms with van der Waals surface area (Å²) in [4.78, 5) is 15.7. The minimum atomic E-state index is -0.574. The number of imidazole rings is 1. The number of anilines is 1. The molecule has 1 aromatic carbocycles. The van der Waals surface area contributed by atoms with Gasteiger partial charge in [-0.2, -0.15) is 0 Å². The molecule has 0 bridgehead atoms. The molecule has 3 N–H and O–H groups in total. The lowest BCUT2D eigenvalue weighted by molar-refractivity contribution is 0.101. The van der Waals surface area contributed by atoms with E-state index in [1.54, 1.807) is 11.6 Å². The lowest BCUT2D eigenvalue weighted by Gasteiger charge is -2.10. The van der Waals surface area contributed by atoms with E-state index in [4.69, 9.17) is 18.0 Å². The number of carbonyl (C=O) groups is 1. The van der Waals surface area contributed by atoms with E-state index in [-0.39, 0.29) is 16.2 Å². The van der Waals surface area contributed by atoms with Crippen LogP contribution in [-0.4, -0.2) is 20.4 Å². The Morgan fingerprint density at radius 3 is 2.84 bits per heavy atom. The first-order valence-electron chi connectivity index (χ1n) is 5.36. The van der Waals surface area contributed by atoms with Gasteiger partial charge in [-0.3, -0.25) is 4.79 Å². The Kier molecular flexibility index (Phi) is 3.57. The third-order valence-corrected chi connectivity index (χ3v) is 2.76. The summed E-state index contributed by atoms with van der Waals surface area (Å²) in [6.07, 6.45) is 2.91. The molecule has 0 saturated heterocycles. The van der Waals surface area contributed by atoms with Crippen molar-refractivity contribution in [1.82, 2.24) is 9.55 Å². The number of carbonyl (C=O) groups excluding carboxylic acids is 1. The van der Waals surface area contributed by atoms with Gasteiger partial charge in [0, 0.05) is 7.05 Å². The van der Waals surface area contributed by atoms with E-state index in [1.165, 1.54) is 30.7 Å². The van der Waals surface area contributed by atoms with Gasteiger partial charge in [0.05, 0.1) is 23.8 Å². The summed E-state index contributed by atoms with van der Waals surface area (Å²) in [5, 5.41) is 2.57. The number of aromatic nitrogens is 2. The zero-order chi connectivity index (χ0) is 14.0. The maximum absolute atomic E-state index is 13.6. The summed E-state index contributed by atoms with van der Waals surface area (Å²) in [5.74, 6) is -0.988. The highest BCUT2D eigenvalue weighted by molar-refractivity contribution is 7.80. The number of benzene rings is 1. The van der Waals surface area contributed by atoms with Gasteiger partial charge in [0.15, 0.2) is 0 Å². The highest BCUT2D eigenvalue weighted by Crippen LogP contribution is 2.19. The van der Waals surface area contributed by atoms with Crippen molar-refractivity contribution in [3.63, 3.8) is 0 Å². The van der Waals surface area contributed by atoms with Crippen molar-refractivity contribution in [3.8, 4) is 0 Å². The molecule has 0 unspecified atom stereocenters. The summed E-state index contributed by atoms with van der Waals surface area (Å²) < 4.78 is 15.2. The molecule has 0 aliphatic heterocycles. The Morgan fingerprint density at radius 1 is 1.53 bits per heavy atom. The number of nitrogens with zero attached hydrogens (tertiary/aromatic N) is 2. The van der Waals surface area contributed by atoms with Crippen LogP contribution < -0.4 is 11.1 Å². The maximum atomic E-state index is 13.6. The third kappa shape index (κ3) is 2.60. The Labute approximate surface area is 114 Å². The van der Waals surface area contributed by atoms with Gasteiger partial charge in [0.25, 0.3) is 5.91 Å². The van der Waals surface area contributed by atoms with Gasteiger partial charge < -0.3 is 15.6 Å². The summed E-state index contributed by atoms with van der Waals surface area (Å²) in [5.41, 5.74) is 6.06. The Hall–Kier alpha value is -2.28. The van der Waals surface area contributed by atoms with Gasteiger partial charge >= 0.3 is 0 Å². The number of hydrogen-bond donors (Lipinski definition) is 2. The number of halogens is 1. The van der Waals surface area contributed by atoms with E-state index in [0.717, 1.165) is 0 Å². The van der Waals surface area contributed by atoms with E-state index >= 15 is 0 Å². The average Bonchev–Trinajstić information content (AvgIpc) is 2.75. The van der Waals surface area contributed by atoms with Crippen LogP contribution in [0, 0.1) is 5.82 Å². The highest BCUT2D eigenvalue weighted by Gasteiger charge is 2.15. The molecular weight excluding hydrogens is 267 g/mol. The highest BCUT2D eigenvalue weighted by atomic mass is 32.1. The summed E-state index contributed by atoms with van der Waals surface area (Å²) >= 11 is 4.78. The molecule has 0 aliphatic carbocycles.